The average molecular weight is 285 g/mol. The van der Waals surface area contributed by atoms with Crippen molar-refractivity contribution < 1.29 is 14.7 Å². The van der Waals surface area contributed by atoms with E-state index in [-0.39, 0.29) is 6.03 Å². The summed E-state index contributed by atoms with van der Waals surface area (Å²) in [5, 5.41) is 9.31. The van der Waals surface area contributed by atoms with E-state index < -0.39 is 11.5 Å². The van der Waals surface area contributed by atoms with Crippen LogP contribution in [0, 0.1) is 0 Å². The van der Waals surface area contributed by atoms with Crippen molar-refractivity contribution in [1.82, 2.24) is 14.7 Å². The van der Waals surface area contributed by atoms with Crippen molar-refractivity contribution in [3.8, 4) is 0 Å². The second-order valence-corrected chi connectivity index (χ2v) is 5.88. The summed E-state index contributed by atoms with van der Waals surface area (Å²) in [7, 11) is 2.06. The topological polar surface area (TPSA) is 64.1 Å². The highest BCUT2D eigenvalue weighted by Crippen LogP contribution is 2.19. The predicted molar refractivity (Wildman–Crippen MR) is 77.8 cm³/mol. The van der Waals surface area contributed by atoms with Crippen LogP contribution in [0.25, 0.3) is 0 Å². The molecule has 0 bridgehead atoms. The minimum atomic E-state index is -1.18. The van der Waals surface area contributed by atoms with E-state index in [4.69, 9.17) is 0 Å². The number of rotatable bonds is 4. The third kappa shape index (κ3) is 3.23. The van der Waals surface area contributed by atoms with Crippen LogP contribution in [0.15, 0.2) is 0 Å². The molecule has 1 aliphatic rings. The number of urea groups is 1. The zero-order valence-electron chi connectivity index (χ0n) is 13.2. The summed E-state index contributed by atoms with van der Waals surface area (Å²) < 4.78 is 0. The number of carboxylic acid groups (broad SMARTS) is 1. The van der Waals surface area contributed by atoms with Gasteiger partial charge in [-0.05, 0) is 34.2 Å². The number of carbonyl (C=O) groups is 2. The minimum Gasteiger partial charge on any atom is -0.480 e. The third-order valence-corrected chi connectivity index (χ3v) is 4.26. The molecule has 1 unspecified atom stereocenters. The van der Waals surface area contributed by atoms with Gasteiger partial charge in [0, 0.05) is 32.2 Å². The number of aliphatic carboxylic acids is 1. The maximum atomic E-state index is 12.6. The Morgan fingerprint density at radius 2 is 1.90 bits per heavy atom. The number of carbonyl (C=O) groups excluding carboxylic acids is 1. The van der Waals surface area contributed by atoms with Crippen molar-refractivity contribution in [2.24, 2.45) is 0 Å². The average Bonchev–Trinajstić information content (AvgIpc) is 2.39. The van der Waals surface area contributed by atoms with Crippen LogP contribution >= 0.6 is 0 Å². The molecule has 6 heteroatoms. The highest BCUT2D eigenvalue weighted by atomic mass is 16.4. The van der Waals surface area contributed by atoms with Crippen LogP contribution in [-0.4, -0.2) is 76.6 Å². The molecule has 1 aliphatic heterocycles. The Morgan fingerprint density at radius 3 is 2.35 bits per heavy atom. The first-order chi connectivity index (χ1) is 9.25. The first-order valence-electron chi connectivity index (χ1n) is 7.25. The van der Waals surface area contributed by atoms with Gasteiger partial charge >= 0.3 is 12.0 Å². The van der Waals surface area contributed by atoms with Gasteiger partial charge < -0.3 is 14.9 Å². The van der Waals surface area contributed by atoms with Crippen LogP contribution < -0.4 is 0 Å². The maximum absolute atomic E-state index is 12.6. The predicted octanol–water partition coefficient (Wildman–Crippen LogP) is 1.32. The van der Waals surface area contributed by atoms with Crippen LogP contribution in [0.1, 0.15) is 34.1 Å². The fourth-order valence-electron chi connectivity index (χ4n) is 2.62. The normalized spacial score (nSPS) is 20.9. The zero-order valence-corrected chi connectivity index (χ0v) is 13.2. The van der Waals surface area contributed by atoms with Crippen molar-refractivity contribution in [3.63, 3.8) is 0 Å². The van der Waals surface area contributed by atoms with Crippen molar-refractivity contribution in [1.29, 1.82) is 0 Å². The first kappa shape index (κ1) is 16.8. The molecule has 1 saturated heterocycles. The maximum Gasteiger partial charge on any atom is 0.329 e. The van der Waals surface area contributed by atoms with Crippen LogP contribution in [0.4, 0.5) is 4.79 Å². The molecule has 0 aromatic heterocycles. The third-order valence-electron chi connectivity index (χ3n) is 4.26. The van der Waals surface area contributed by atoms with E-state index in [1.807, 2.05) is 6.92 Å². The van der Waals surface area contributed by atoms with E-state index >= 15 is 0 Å². The molecule has 0 saturated carbocycles. The summed E-state index contributed by atoms with van der Waals surface area (Å²) in [5.74, 6) is -0.978. The molecule has 1 heterocycles. The van der Waals surface area contributed by atoms with Crippen LogP contribution in [0.3, 0.4) is 0 Å². The first-order valence-corrected chi connectivity index (χ1v) is 7.25. The standard InChI is InChI=1S/C14H27N3O3/c1-6-11-10-16(9-8-15(11)5)13(20)17(7-2)14(3,4)12(18)19/h11H,6-10H2,1-5H3,(H,18,19). The Bertz CT molecular complexity index is 371. The highest BCUT2D eigenvalue weighted by molar-refractivity contribution is 5.85. The second-order valence-electron chi connectivity index (χ2n) is 5.88. The van der Waals surface area contributed by atoms with Crippen LogP contribution in [0.2, 0.25) is 0 Å². The summed E-state index contributed by atoms with van der Waals surface area (Å²) in [5.41, 5.74) is -1.18. The van der Waals surface area contributed by atoms with Crippen molar-refractivity contribution in [2.45, 2.75) is 45.7 Å². The Kier molecular flexibility index (Phi) is 5.39. The molecule has 0 aromatic rings. The van der Waals surface area contributed by atoms with Gasteiger partial charge in [-0.2, -0.15) is 0 Å². The van der Waals surface area contributed by atoms with Gasteiger partial charge in [0.05, 0.1) is 0 Å². The molecule has 20 heavy (non-hydrogen) atoms. The summed E-state index contributed by atoms with van der Waals surface area (Å²) in [4.78, 5) is 29.4. The van der Waals surface area contributed by atoms with Gasteiger partial charge in [0.15, 0.2) is 0 Å². The van der Waals surface area contributed by atoms with Gasteiger partial charge in [-0.25, -0.2) is 9.59 Å². The molecular formula is C14H27N3O3. The molecule has 0 aliphatic carbocycles. The second kappa shape index (κ2) is 6.43. The fraction of sp³-hybridized carbons (Fsp3) is 0.857. The lowest BCUT2D eigenvalue weighted by Gasteiger charge is -2.43. The molecule has 6 nitrogen and oxygen atoms in total. The van der Waals surface area contributed by atoms with E-state index in [9.17, 15) is 14.7 Å². The Labute approximate surface area is 121 Å². The summed E-state index contributed by atoms with van der Waals surface area (Å²) in [6.07, 6.45) is 0.981. The largest absolute Gasteiger partial charge is 0.480 e. The fourth-order valence-corrected chi connectivity index (χ4v) is 2.62. The summed E-state index contributed by atoms with van der Waals surface area (Å²) in [6, 6.07) is 0.172. The van der Waals surface area contributed by atoms with Gasteiger partial charge in [-0.1, -0.05) is 6.92 Å². The quantitative estimate of drug-likeness (QED) is 0.846. The number of piperazine rings is 1. The van der Waals surface area contributed by atoms with Gasteiger partial charge in [0.1, 0.15) is 5.54 Å². The Hall–Kier alpha value is -1.30. The number of carboxylic acids is 1. The molecule has 1 fully saturated rings. The lowest BCUT2D eigenvalue weighted by molar-refractivity contribution is -0.147. The molecular weight excluding hydrogens is 258 g/mol. The van der Waals surface area contributed by atoms with Gasteiger partial charge in [-0.15, -0.1) is 0 Å². The monoisotopic (exact) mass is 285 g/mol. The molecule has 116 valence electrons. The summed E-state index contributed by atoms with van der Waals surface area (Å²) >= 11 is 0. The van der Waals surface area contributed by atoms with E-state index in [2.05, 4.69) is 18.9 Å². The number of hydrogen-bond acceptors (Lipinski definition) is 3. The molecule has 1 atom stereocenters. The van der Waals surface area contributed by atoms with Gasteiger partial charge in [0.25, 0.3) is 0 Å². The number of hydrogen-bond donors (Lipinski definition) is 1. The zero-order chi connectivity index (χ0) is 15.5. The van der Waals surface area contributed by atoms with Crippen LogP contribution in [0.5, 0.6) is 0 Å². The molecule has 1 N–H and O–H groups in total. The minimum absolute atomic E-state index is 0.175. The summed E-state index contributed by atoms with van der Waals surface area (Å²) in [6.45, 7) is 9.60. The number of likely N-dealkylation sites (N-methyl/N-ethyl adjacent to an activating group) is 2. The van der Waals surface area contributed by atoms with Gasteiger partial charge in [0.2, 0.25) is 0 Å². The SMILES string of the molecule is CCC1CN(C(=O)N(CC)C(C)(C)C(=O)O)CCN1C. The van der Waals surface area contributed by atoms with E-state index in [0.717, 1.165) is 13.0 Å². The van der Waals surface area contributed by atoms with Crippen LogP contribution in [-0.2, 0) is 4.79 Å². The van der Waals surface area contributed by atoms with Gasteiger partial charge in [-0.3, -0.25) is 4.90 Å². The van der Waals surface area contributed by atoms with E-state index in [1.54, 1.807) is 18.7 Å². The highest BCUT2D eigenvalue weighted by Gasteiger charge is 2.40. The molecule has 1 rings (SSSR count). The van der Waals surface area contributed by atoms with Crippen molar-refractivity contribution >= 4 is 12.0 Å². The van der Waals surface area contributed by atoms with E-state index in [1.165, 1.54) is 4.90 Å². The molecule has 2 amide bonds. The number of nitrogens with zero attached hydrogens (tertiary/aromatic N) is 3. The lowest BCUT2D eigenvalue weighted by atomic mass is 10.0. The molecule has 0 radical (unpaired) electrons. The van der Waals surface area contributed by atoms with Crippen molar-refractivity contribution in [2.75, 3.05) is 33.2 Å². The van der Waals surface area contributed by atoms with E-state index in [0.29, 0.717) is 25.7 Å². The Balaban J connectivity index is 2.84. The Morgan fingerprint density at radius 1 is 1.30 bits per heavy atom. The smallest absolute Gasteiger partial charge is 0.329 e. The molecule has 0 aromatic carbocycles. The molecule has 0 spiro atoms. The lowest BCUT2D eigenvalue weighted by Crippen LogP contribution is -2.61. The van der Waals surface area contributed by atoms with Crippen molar-refractivity contribution in [3.05, 3.63) is 0 Å². The number of amides is 2.